The topological polar surface area (TPSA) is 96.7 Å². The molecule has 9 nitrogen and oxygen atoms in total. The maximum Gasteiger partial charge on any atom is 0.410 e. The van der Waals surface area contributed by atoms with E-state index in [0.29, 0.717) is 12.0 Å². The Labute approximate surface area is 202 Å². The molecule has 0 radical (unpaired) electrons. The highest BCUT2D eigenvalue weighted by Gasteiger charge is 2.27. The molecule has 2 unspecified atom stereocenters. The number of nitrogens with zero attached hydrogens (tertiary/aromatic N) is 5. The molecule has 2 N–H and O–H groups in total. The number of fused-ring (bicyclic) bond motifs is 1. The molecule has 1 saturated heterocycles. The summed E-state index contributed by atoms with van der Waals surface area (Å²) in [6, 6.07) is 0.300. The fourth-order valence-electron chi connectivity index (χ4n) is 4.02. The van der Waals surface area contributed by atoms with Gasteiger partial charge < -0.3 is 20.3 Å². The predicted octanol–water partition coefficient (Wildman–Crippen LogP) is 2.80. The number of halogens is 1. The first-order valence-corrected chi connectivity index (χ1v) is 11.2. The molecule has 0 aromatic carbocycles. The van der Waals surface area contributed by atoms with E-state index in [0.717, 1.165) is 76.6 Å². The number of rotatable bonds is 5. The van der Waals surface area contributed by atoms with Crippen LogP contribution >= 0.6 is 24.0 Å². The molecule has 2 aliphatic heterocycles. The summed E-state index contributed by atoms with van der Waals surface area (Å²) in [4.78, 5) is 23.3. The van der Waals surface area contributed by atoms with Gasteiger partial charge in [0.05, 0.1) is 6.54 Å². The van der Waals surface area contributed by atoms with Crippen LogP contribution in [-0.4, -0.2) is 69.5 Å². The Morgan fingerprint density at radius 1 is 1.32 bits per heavy atom. The SMILES string of the molecule is CCNC(=NCCC1CCCN(C(=O)OC(C)(C)C)C1)NC1CCc2ncnn2C1.I. The molecule has 2 aliphatic rings. The Hall–Kier alpha value is -1.59. The smallest absolute Gasteiger partial charge is 0.410 e. The summed E-state index contributed by atoms with van der Waals surface area (Å²) in [6.07, 6.45) is 6.51. The van der Waals surface area contributed by atoms with Crippen LogP contribution in [0.2, 0.25) is 0 Å². The van der Waals surface area contributed by atoms with Gasteiger partial charge in [-0.25, -0.2) is 14.5 Å². The minimum atomic E-state index is -0.452. The van der Waals surface area contributed by atoms with Crippen LogP contribution in [0.25, 0.3) is 0 Å². The second-order valence-corrected chi connectivity index (χ2v) is 9.22. The van der Waals surface area contributed by atoms with Gasteiger partial charge in [0.1, 0.15) is 17.8 Å². The molecule has 0 bridgehead atoms. The lowest BCUT2D eigenvalue weighted by Crippen LogP contribution is -2.47. The minimum absolute atomic E-state index is 0. The van der Waals surface area contributed by atoms with Crippen LogP contribution in [0, 0.1) is 5.92 Å². The quantitative estimate of drug-likeness (QED) is 0.335. The molecule has 10 heteroatoms. The van der Waals surface area contributed by atoms with Crippen molar-refractivity contribution in [2.75, 3.05) is 26.2 Å². The monoisotopic (exact) mass is 547 g/mol. The number of ether oxygens (including phenoxy) is 1. The predicted molar refractivity (Wildman–Crippen MR) is 132 cm³/mol. The first kappa shape index (κ1) is 25.7. The molecule has 0 aliphatic carbocycles. The molecular weight excluding hydrogens is 509 g/mol. The number of hydrogen-bond acceptors (Lipinski definition) is 5. The molecular formula is C21H38IN7O2. The van der Waals surface area contributed by atoms with Gasteiger partial charge in [0.15, 0.2) is 5.96 Å². The highest BCUT2D eigenvalue weighted by molar-refractivity contribution is 14.0. The molecule has 3 rings (SSSR count). The molecule has 31 heavy (non-hydrogen) atoms. The Bertz CT molecular complexity index is 732. The van der Waals surface area contributed by atoms with Gasteiger partial charge in [0, 0.05) is 38.6 Å². The number of guanidine groups is 1. The Kier molecular flexibility index (Phi) is 9.83. The maximum atomic E-state index is 12.4. The number of carbonyl (C=O) groups is 1. The average molecular weight is 547 g/mol. The summed E-state index contributed by atoms with van der Waals surface area (Å²) in [7, 11) is 0. The third-order valence-corrected chi connectivity index (χ3v) is 5.47. The van der Waals surface area contributed by atoms with Gasteiger partial charge in [-0.1, -0.05) is 0 Å². The third-order valence-electron chi connectivity index (χ3n) is 5.47. The average Bonchev–Trinajstić information content (AvgIpc) is 3.15. The van der Waals surface area contributed by atoms with Crippen molar-refractivity contribution in [2.24, 2.45) is 10.9 Å². The van der Waals surface area contributed by atoms with Crippen molar-refractivity contribution in [3.8, 4) is 0 Å². The van der Waals surface area contributed by atoms with Crippen molar-refractivity contribution in [3.63, 3.8) is 0 Å². The number of likely N-dealkylation sites (tertiary alicyclic amines) is 1. The highest BCUT2D eigenvalue weighted by Crippen LogP contribution is 2.21. The molecule has 176 valence electrons. The van der Waals surface area contributed by atoms with E-state index in [9.17, 15) is 4.79 Å². The summed E-state index contributed by atoms with van der Waals surface area (Å²) in [6.45, 7) is 11.7. The van der Waals surface area contributed by atoms with Crippen molar-refractivity contribution in [2.45, 2.75) is 78.0 Å². The van der Waals surface area contributed by atoms with Gasteiger partial charge in [0.25, 0.3) is 0 Å². The fraction of sp³-hybridized carbons (Fsp3) is 0.810. The Morgan fingerprint density at radius 3 is 2.87 bits per heavy atom. The molecule has 2 atom stereocenters. The molecule has 1 amide bonds. The van der Waals surface area contributed by atoms with Crippen molar-refractivity contribution >= 4 is 36.0 Å². The normalized spacial score (nSPS) is 21.7. The highest BCUT2D eigenvalue weighted by atomic mass is 127. The Morgan fingerprint density at radius 2 is 2.13 bits per heavy atom. The number of aryl methyl sites for hydroxylation is 1. The van der Waals surface area contributed by atoms with Crippen LogP contribution in [0.5, 0.6) is 0 Å². The van der Waals surface area contributed by atoms with Crippen LogP contribution in [-0.2, 0) is 17.7 Å². The second-order valence-electron chi connectivity index (χ2n) is 9.22. The molecule has 0 spiro atoms. The van der Waals surface area contributed by atoms with E-state index in [4.69, 9.17) is 9.73 Å². The summed E-state index contributed by atoms with van der Waals surface area (Å²) in [5, 5.41) is 11.2. The fourth-order valence-corrected chi connectivity index (χ4v) is 4.02. The van der Waals surface area contributed by atoms with Crippen LogP contribution in [0.1, 0.15) is 59.2 Å². The molecule has 1 aromatic rings. The van der Waals surface area contributed by atoms with E-state index in [1.807, 2.05) is 30.4 Å². The standard InChI is InChI=1S/C21H37N7O2.HI/c1-5-22-19(26-17-8-9-18-24-15-25-28(18)14-17)23-11-10-16-7-6-12-27(13-16)20(29)30-21(2,3)4;/h15-17H,5-14H2,1-4H3,(H2,22,23,26);1H. The van der Waals surface area contributed by atoms with E-state index >= 15 is 0 Å². The largest absolute Gasteiger partial charge is 0.444 e. The molecule has 0 saturated carbocycles. The zero-order valence-electron chi connectivity index (χ0n) is 19.3. The minimum Gasteiger partial charge on any atom is -0.444 e. The van der Waals surface area contributed by atoms with Crippen LogP contribution in [0.3, 0.4) is 0 Å². The zero-order valence-corrected chi connectivity index (χ0v) is 21.6. The first-order chi connectivity index (χ1) is 14.3. The van der Waals surface area contributed by atoms with E-state index in [-0.39, 0.29) is 30.1 Å². The van der Waals surface area contributed by atoms with E-state index < -0.39 is 5.60 Å². The number of nitrogens with one attached hydrogen (secondary N) is 2. The van der Waals surface area contributed by atoms with Crippen molar-refractivity contribution in [1.29, 1.82) is 0 Å². The second kappa shape index (κ2) is 11.9. The summed E-state index contributed by atoms with van der Waals surface area (Å²) < 4.78 is 7.50. The van der Waals surface area contributed by atoms with Gasteiger partial charge in [-0.2, -0.15) is 5.10 Å². The lowest BCUT2D eigenvalue weighted by Gasteiger charge is -2.34. The third kappa shape index (κ3) is 8.12. The number of amides is 1. The van der Waals surface area contributed by atoms with E-state index in [1.54, 1.807) is 6.33 Å². The van der Waals surface area contributed by atoms with Gasteiger partial charge in [0.2, 0.25) is 0 Å². The van der Waals surface area contributed by atoms with E-state index in [1.165, 1.54) is 0 Å². The Balaban J connectivity index is 0.00000341. The number of aliphatic imine (C=N–C) groups is 1. The van der Waals surface area contributed by atoms with Crippen LogP contribution < -0.4 is 10.6 Å². The number of carbonyl (C=O) groups excluding carboxylic acids is 1. The first-order valence-electron chi connectivity index (χ1n) is 11.2. The van der Waals surface area contributed by atoms with Crippen LogP contribution in [0.15, 0.2) is 11.3 Å². The van der Waals surface area contributed by atoms with Crippen molar-refractivity contribution in [3.05, 3.63) is 12.2 Å². The lowest BCUT2D eigenvalue weighted by atomic mass is 9.95. The molecule has 3 heterocycles. The summed E-state index contributed by atoms with van der Waals surface area (Å²) >= 11 is 0. The number of piperidine rings is 1. The maximum absolute atomic E-state index is 12.4. The van der Waals surface area contributed by atoms with Gasteiger partial charge in [-0.3, -0.25) is 4.99 Å². The van der Waals surface area contributed by atoms with Crippen LogP contribution in [0.4, 0.5) is 4.79 Å². The number of aromatic nitrogens is 3. The van der Waals surface area contributed by atoms with Gasteiger partial charge in [-0.15, -0.1) is 24.0 Å². The van der Waals surface area contributed by atoms with Crippen molar-refractivity contribution < 1.29 is 9.53 Å². The summed E-state index contributed by atoms with van der Waals surface area (Å²) in [5.41, 5.74) is -0.452. The molecule has 1 fully saturated rings. The molecule has 1 aromatic heterocycles. The number of hydrogen-bond donors (Lipinski definition) is 2. The van der Waals surface area contributed by atoms with Crippen molar-refractivity contribution in [1.82, 2.24) is 30.3 Å². The van der Waals surface area contributed by atoms with E-state index in [2.05, 4.69) is 27.6 Å². The van der Waals surface area contributed by atoms with Gasteiger partial charge in [-0.05, 0) is 59.3 Å². The van der Waals surface area contributed by atoms with Gasteiger partial charge >= 0.3 is 6.09 Å². The lowest BCUT2D eigenvalue weighted by molar-refractivity contribution is 0.0163. The summed E-state index contributed by atoms with van der Waals surface area (Å²) in [5.74, 6) is 2.37. The zero-order chi connectivity index (χ0) is 21.6.